The van der Waals surface area contributed by atoms with E-state index in [0.29, 0.717) is 6.42 Å². The van der Waals surface area contributed by atoms with Gasteiger partial charge in [-0.05, 0) is 35.2 Å². The van der Waals surface area contributed by atoms with Gasteiger partial charge in [0.15, 0.2) is 0 Å². The monoisotopic (exact) mass is 288 g/mol. The van der Waals surface area contributed by atoms with Crippen molar-refractivity contribution < 1.29 is 13.2 Å². The van der Waals surface area contributed by atoms with E-state index in [9.17, 15) is 13.2 Å². The van der Waals surface area contributed by atoms with E-state index in [2.05, 4.69) is 5.43 Å². The Bertz CT molecular complexity index is 536. The van der Waals surface area contributed by atoms with Crippen LogP contribution in [0.2, 0.25) is 0 Å². The van der Waals surface area contributed by atoms with E-state index < -0.39 is 12.6 Å². The van der Waals surface area contributed by atoms with Gasteiger partial charge in [0.05, 0.1) is 0 Å². The number of alkyl halides is 3. The summed E-state index contributed by atoms with van der Waals surface area (Å²) in [7, 11) is 0. The molecule has 0 aliphatic rings. The lowest BCUT2D eigenvalue weighted by atomic mass is 10.0. The summed E-state index contributed by atoms with van der Waals surface area (Å²) in [5, 5.41) is 3.09. The number of thiophene rings is 1. The first-order valence-corrected chi connectivity index (χ1v) is 6.85. The summed E-state index contributed by atoms with van der Waals surface area (Å²) >= 11 is 1.60. The number of hydrogen-bond donors (Lipinski definition) is 2. The fourth-order valence-corrected chi connectivity index (χ4v) is 3.01. The molecule has 0 spiro atoms. The van der Waals surface area contributed by atoms with Crippen LogP contribution in [0.25, 0.3) is 10.1 Å². The van der Waals surface area contributed by atoms with Crippen molar-refractivity contribution in [1.82, 2.24) is 5.43 Å². The predicted octanol–water partition coefficient (Wildman–Crippen LogP) is 3.62. The lowest BCUT2D eigenvalue weighted by molar-refractivity contribution is -0.136. The molecule has 2 nitrogen and oxygen atoms in total. The minimum atomic E-state index is -4.13. The zero-order valence-corrected chi connectivity index (χ0v) is 11.0. The fraction of sp³-hybridized carbons (Fsp3) is 0.385. The molecule has 2 aromatic rings. The van der Waals surface area contributed by atoms with Gasteiger partial charge in [0.25, 0.3) is 0 Å². The van der Waals surface area contributed by atoms with Crippen molar-refractivity contribution in [2.24, 2.45) is 5.84 Å². The standard InChI is InChI=1S/C13H15F3N2S/c14-13(15,16)6-5-10(18-17)7-9-8-19-12-4-2-1-3-11(9)12/h1-4,8,10,18H,5-7,17H2. The molecule has 6 heteroatoms. The van der Waals surface area contributed by atoms with E-state index in [0.717, 1.165) is 15.6 Å². The number of rotatable bonds is 5. The van der Waals surface area contributed by atoms with E-state index in [4.69, 9.17) is 5.84 Å². The summed E-state index contributed by atoms with van der Waals surface area (Å²) in [5.74, 6) is 5.35. The highest BCUT2D eigenvalue weighted by molar-refractivity contribution is 7.17. The number of halogens is 3. The van der Waals surface area contributed by atoms with Crippen LogP contribution in [0.3, 0.4) is 0 Å². The molecule has 2 rings (SSSR count). The number of hydrogen-bond acceptors (Lipinski definition) is 3. The van der Waals surface area contributed by atoms with Crippen LogP contribution >= 0.6 is 11.3 Å². The van der Waals surface area contributed by atoms with Crippen molar-refractivity contribution in [2.45, 2.75) is 31.5 Å². The zero-order valence-electron chi connectivity index (χ0n) is 10.2. The van der Waals surface area contributed by atoms with Crippen molar-refractivity contribution in [3.05, 3.63) is 35.2 Å². The average molecular weight is 288 g/mol. The Morgan fingerprint density at radius 3 is 2.68 bits per heavy atom. The summed E-state index contributed by atoms with van der Waals surface area (Å²) in [4.78, 5) is 0. The number of fused-ring (bicyclic) bond motifs is 1. The second-order valence-corrected chi connectivity index (χ2v) is 5.39. The molecular formula is C13H15F3N2S. The third-order valence-electron chi connectivity index (χ3n) is 3.04. The molecule has 0 bridgehead atoms. The quantitative estimate of drug-likeness (QED) is 0.651. The minimum absolute atomic E-state index is 0.00975. The molecule has 19 heavy (non-hydrogen) atoms. The lowest BCUT2D eigenvalue weighted by Crippen LogP contribution is -2.37. The number of hydrazine groups is 1. The molecule has 1 heterocycles. The third-order valence-corrected chi connectivity index (χ3v) is 4.05. The largest absolute Gasteiger partial charge is 0.389 e. The van der Waals surface area contributed by atoms with Crippen molar-refractivity contribution >= 4 is 21.4 Å². The maximum atomic E-state index is 12.2. The van der Waals surface area contributed by atoms with Gasteiger partial charge in [-0.25, -0.2) is 0 Å². The van der Waals surface area contributed by atoms with E-state index >= 15 is 0 Å². The van der Waals surface area contributed by atoms with Gasteiger partial charge in [-0.2, -0.15) is 13.2 Å². The first-order chi connectivity index (χ1) is 8.99. The average Bonchev–Trinajstić information content (AvgIpc) is 2.77. The van der Waals surface area contributed by atoms with Crippen molar-refractivity contribution in [2.75, 3.05) is 0 Å². The van der Waals surface area contributed by atoms with Crippen LogP contribution in [0.1, 0.15) is 18.4 Å². The second kappa shape index (κ2) is 5.90. The molecule has 0 saturated carbocycles. The summed E-state index contributed by atoms with van der Waals surface area (Å²) in [6, 6.07) is 7.51. The Morgan fingerprint density at radius 2 is 2.00 bits per heavy atom. The molecule has 3 N–H and O–H groups in total. The summed E-state index contributed by atoms with van der Waals surface area (Å²) < 4.78 is 37.8. The van der Waals surface area contributed by atoms with Crippen LogP contribution < -0.4 is 11.3 Å². The van der Waals surface area contributed by atoms with Gasteiger partial charge in [-0.3, -0.25) is 11.3 Å². The first kappa shape index (κ1) is 14.3. The molecule has 1 atom stereocenters. The van der Waals surface area contributed by atoms with Crippen molar-refractivity contribution in [3.8, 4) is 0 Å². The first-order valence-electron chi connectivity index (χ1n) is 5.97. The topological polar surface area (TPSA) is 38.0 Å². The summed E-state index contributed by atoms with van der Waals surface area (Å²) in [5.41, 5.74) is 3.53. The molecule has 1 aromatic carbocycles. The molecule has 0 aliphatic carbocycles. The van der Waals surface area contributed by atoms with Gasteiger partial charge in [-0.1, -0.05) is 18.2 Å². The van der Waals surface area contributed by atoms with Crippen molar-refractivity contribution in [1.29, 1.82) is 0 Å². The lowest BCUT2D eigenvalue weighted by Gasteiger charge is -2.16. The molecule has 1 aromatic heterocycles. The summed E-state index contributed by atoms with van der Waals surface area (Å²) in [6.07, 6.45) is -4.45. The Labute approximate surface area is 113 Å². The van der Waals surface area contributed by atoms with E-state index in [1.54, 1.807) is 11.3 Å². The molecule has 0 radical (unpaired) electrons. The smallest absolute Gasteiger partial charge is 0.271 e. The van der Waals surface area contributed by atoms with E-state index in [1.807, 2.05) is 29.6 Å². The van der Waals surface area contributed by atoms with Gasteiger partial charge < -0.3 is 0 Å². The number of nitrogens with two attached hydrogens (primary N) is 1. The number of nitrogens with one attached hydrogen (secondary N) is 1. The third kappa shape index (κ3) is 3.92. The summed E-state index contributed by atoms with van der Waals surface area (Å²) in [6.45, 7) is 0. The van der Waals surface area contributed by atoms with Crippen LogP contribution in [0.4, 0.5) is 13.2 Å². The van der Waals surface area contributed by atoms with Crippen LogP contribution in [0.15, 0.2) is 29.6 Å². The molecule has 0 saturated heterocycles. The van der Waals surface area contributed by atoms with Crippen LogP contribution in [0, 0.1) is 0 Å². The van der Waals surface area contributed by atoms with Gasteiger partial charge in [0.2, 0.25) is 0 Å². The van der Waals surface area contributed by atoms with Gasteiger partial charge >= 0.3 is 6.18 Å². The highest BCUT2D eigenvalue weighted by Gasteiger charge is 2.28. The second-order valence-electron chi connectivity index (χ2n) is 4.48. The zero-order chi connectivity index (χ0) is 13.9. The SMILES string of the molecule is NNC(CCC(F)(F)F)Cc1csc2ccccc12. The molecule has 0 amide bonds. The maximum absolute atomic E-state index is 12.2. The Balaban J connectivity index is 2.06. The van der Waals surface area contributed by atoms with E-state index in [1.165, 1.54) is 0 Å². The Kier molecular flexibility index (Phi) is 4.44. The number of benzene rings is 1. The Hall–Kier alpha value is -1.11. The van der Waals surface area contributed by atoms with Gasteiger partial charge in [-0.15, -0.1) is 11.3 Å². The molecule has 0 aliphatic heterocycles. The van der Waals surface area contributed by atoms with Crippen LogP contribution in [-0.2, 0) is 6.42 Å². The Morgan fingerprint density at radius 1 is 1.26 bits per heavy atom. The van der Waals surface area contributed by atoms with Gasteiger partial charge in [0, 0.05) is 17.2 Å². The van der Waals surface area contributed by atoms with Crippen LogP contribution in [0.5, 0.6) is 0 Å². The molecule has 104 valence electrons. The molecule has 0 fully saturated rings. The van der Waals surface area contributed by atoms with Gasteiger partial charge in [0.1, 0.15) is 0 Å². The van der Waals surface area contributed by atoms with E-state index in [-0.39, 0.29) is 12.5 Å². The van der Waals surface area contributed by atoms with Crippen LogP contribution in [-0.4, -0.2) is 12.2 Å². The molecule has 1 unspecified atom stereocenters. The molecular weight excluding hydrogens is 273 g/mol. The normalized spacial score (nSPS) is 13.9. The highest BCUT2D eigenvalue weighted by atomic mass is 32.1. The predicted molar refractivity (Wildman–Crippen MR) is 71.9 cm³/mol. The maximum Gasteiger partial charge on any atom is 0.389 e. The highest BCUT2D eigenvalue weighted by Crippen LogP contribution is 2.28. The van der Waals surface area contributed by atoms with Crippen molar-refractivity contribution in [3.63, 3.8) is 0 Å². The fourth-order valence-electron chi connectivity index (χ4n) is 2.04. The minimum Gasteiger partial charge on any atom is -0.271 e.